The zero-order chi connectivity index (χ0) is 21.7. The van der Waals surface area contributed by atoms with Crippen LogP contribution in [0.1, 0.15) is 21.5 Å². The molecule has 0 saturated carbocycles. The standard InChI is InChI=1S/C22H22N2O5S/c1-13-5-6-16(9-14(13)2)21(26)29-11-20(25)24-22-23-17(12-30-22)15-7-8-18(27-3)19(10-15)28-4/h5-10,12H,11H2,1-4H3,(H,23,24,25). The number of thiazole rings is 1. The van der Waals surface area contributed by atoms with Crippen molar-refractivity contribution in [2.75, 3.05) is 26.1 Å². The average molecular weight is 426 g/mol. The number of aryl methyl sites for hydroxylation is 2. The molecule has 0 radical (unpaired) electrons. The van der Waals surface area contributed by atoms with Gasteiger partial charge in [0, 0.05) is 10.9 Å². The van der Waals surface area contributed by atoms with Crippen molar-refractivity contribution < 1.29 is 23.8 Å². The number of esters is 1. The molecule has 0 aliphatic heterocycles. The highest BCUT2D eigenvalue weighted by Gasteiger charge is 2.14. The van der Waals surface area contributed by atoms with E-state index in [9.17, 15) is 9.59 Å². The Bertz CT molecular complexity index is 1080. The zero-order valence-corrected chi connectivity index (χ0v) is 18.0. The van der Waals surface area contributed by atoms with Gasteiger partial charge in [-0.2, -0.15) is 0 Å². The lowest BCUT2D eigenvalue weighted by Crippen LogP contribution is -2.20. The molecule has 156 valence electrons. The summed E-state index contributed by atoms with van der Waals surface area (Å²) in [6.45, 7) is 3.48. The average Bonchev–Trinajstić information content (AvgIpc) is 3.21. The van der Waals surface area contributed by atoms with Crippen molar-refractivity contribution in [3.63, 3.8) is 0 Å². The van der Waals surface area contributed by atoms with E-state index in [-0.39, 0.29) is 0 Å². The van der Waals surface area contributed by atoms with E-state index >= 15 is 0 Å². The second-order valence-electron chi connectivity index (χ2n) is 6.53. The van der Waals surface area contributed by atoms with E-state index in [4.69, 9.17) is 14.2 Å². The number of benzene rings is 2. The predicted molar refractivity (Wildman–Crippen MR) is 115 cm³/mol. The van der Waals surface area contributed by atoms with Gasteiger partial charge in [0.05, 0.1) is 25.5 Å². The Balaban J connectivity index is 1.59. The minimum atomic E-state index is -0.543. The van der Waals surface area contributed by atoms with Gasteiger partial charge in [-0.15, -0.1) is 11.3 Å². The van der Waals surface area contributed by atoms with Gasteiger partial charge in [0.1, 0.15) is 0 Å². The Hall–Kier alpha value is -3.39. The topological polar surface area (TPSA) is 86.8 Å². The molecule has 1 amide bonds. The molecular formula is C22H22N2O5S. The fraction of sp³-hybridized carbons (Fsp3) is 0.227. The molecule has 0 spiro atoms. The lowest BCUT2D eigenvalue weighted by Gasteiger charge is -2.08. The van der Waals surface area contributed by atoms with Gasteiger partial charge in [0.15, 0.2) is 23.2 Å². The van der Waals surface area contributed by atoms with Gasteiger partial charge in [0.2, 0.25) is 0 Å². The van der Waals surface area contributed by atoms with Crippen LogP contribution >= 0.6 is 11.3 Å². The van der Waals surface area contributed by atoms with Crippen LogP contribution in [0.15, 0.2) is 41.8 Å². The van der Waals surface area contributed by atoms with Gasteiger partial charge in [-0.1, -0.05) is 6.07 Å². The third-order valence-electron chi connectivity index (χ3n) is 4.51. The number of rotatable bonds is 7. The molecule has 7 nitrogen and oxygen atoms in total. The van der Waals surface area contributed by atoms with Crippen LogP contribution in [0.4, 0.5) is 5.13 Å². The molecule has 8 heteroatoms. The lowest BCUT2D eigenvalue weighted by molar-refractivity contribution is -0.119. The number of hydrogen-bond donors (Lipinski definition) is 1. The SMILES string of the molecule is COc1ccc(-c2csc(NC(=O)COC(=O)c3ccc(C)c(C)c3)n2)cc1OC. The summed E-state index contributed by atoms with van der Waals surface area (Å²) in [4.78, 5) is 28.7. The van der Waals surface area contributed by atoms with Crippen LogP contribution in [0, 0.1) is 13.8 Å². The monoisotopic (exact) mass is 426 g/mol. The minimum absolute atomic E-state index is 0.392. The molecule has 2 aromatic carbocycles. The van der Waals surface area contributed by atoms with Crippen molar-refractivity contribution in [2.45, 2.75) is 13.8 Å². The van der Waals surface area contributed by atoms with Crippen molar-refractivity contribution in [3.05, 3.63) is 58.5 Å². The van der Waals surface area contributed by atoms with Crippen LogP contribution in [0.2, 0.25) is 0 Å². The molecule has 1 N–H and O–H groups in total. The van der Waals surface area contributed by atoms with E-state index in [2.05, 4.69) is 10.3 Å². The molecule has 30 heavy (non-hydrogen) atoms. The quantitative estimate of drug-likeness (QED) is 0.569. The molecule has 1 heterocycles. The molecule has 0 unspecified atom stereocenters. The minimum Gasteiger partial charge on any atom is -0.493 e. The highest BCUT2D eigenvalue weighted by molar-refractivity contribution is 7.14. The van der Waals surface area contributed by atoms with Gasteiger partial charge in [-0.3, -0.25) is 10.1 Å². The normalized spacial score (nSPS) is 10.4. The number of anilines is 1. The molecule has 3 rings (SSSR count). The predicted octanol–water partition coefficient (Wildman–Crippen LogP) is 4.24. The molecular weight excluding hydrogens is 404 g/mol. The zero-order valence-electron chi connectivity index (χ0n) is 17.1. The van der Waals surface area contributed by atoms with Gasteiger partial charge in [0.25, 0.3) is 5.91 Å². The maximum absolute atomic E-state index is 12.1. The summed E-state index contributed by atoms with van der Waals surface area (Å²) >= 11 is 1.27. The summed E-state index contributed by atoms with van der Waals surface area (Å²) in [7, 11) is 3.13. The first-order valence-corrected chi connectivity index (χ1v) is 10.0. The van der Waals surface area contributed by atoms with Crippen molar-refractivity contribution in [3.8, 4) is 22.8 Å². The smallest absolute Gasteiger partial charge is 0.338 e. The van der Waals surface area contributed by atoms with Crippen molar-refractivity contribution >= 4 is 28.3 Å². The van der Waals surface area contributed by atoms with Gasteiger partial charge < -0.3 is 14.2 Å². The van der Waals surface area contributed by atoms with Gasteiger partial charge in [-0.05, 0) is 55.3 Å². The maximum atomic E-state index is 12.1. The van der Waals surface area contributed by atoms with Crippen molar-refractivity contribution in [1.82, 2.24) is 4.98 Å². The molecule has 0 aliphatic carbocycles. The second kappa shape index (κ2) is 9.41. The van der Waals surface area contributed by atoms with Crippen LogP contribution in [-0.2, 0) is 9.53 Å². The highest BCUT2D eigenvalue weighted by atomic mass is 32.1. The number of aromatic nitrogens is 1. The molecule has 0 aliphatic rings. The Labute approximate surface area is 178 Å². The number of ether oxygens (including phenoxy) is 3. The first-order valence-electron chi connectivity index (χ1n) is 9.13. The first-order chi connectivity index (χ1) is 14.4. The summed E-state index contributed by atoms with van der Waals surface area (Å²) in [5, 5.41) is 4.87. The fourth-order valence-corrected chi connectivity index (χ4v) is 3.43. The Morgan fingerprint density at radius 3 is 2.47 bits per heavy atom. The van der Waals surface area contributed by atoms with E-state index in [0.717, 1.165) is 16.7 Å². The van der Waals surface area contributed by atoms with Gasteiger partial charge in [-0.25, -0.2) is 9.78 Å². The molecule has 1 aromatic heterocycles. The van der Waals surface area contributed by atoms with Crippen LogP contribution in [0.3, 0.4) is 0 Å². The van der Waals surface area contributed by atoms with E-state index in [1.54, 1.807) is 32.4 Å². The number of nitrogens with zero attached hydrogens (tertiary/aromatic N) is 1. The van der Waals surface area contributed by atoms with E-state index < -0.39 is 18.5 Å². The van der Waals surface area contributed by atoms with E-state index in [1.165, 1.54) is 11.3 Å². The molecule has 0 saturated heterocycles. The summed E-state index contributed by atoms with van der Waals surface area (Å²) in [6.07, 6.45) is 0. The number of carbonyl (C=O) groups excluding carboxylic acids is 2. The highest BCUT2D eigenvalue weighted by Crippen LogP contribution is 2.33. The number of methoxy groups -OCH3 is 2. The van der Waals surface area contributed by atoms with Gasteiger partial charge >= 0.3 is 5.97 Å². The Kier molecular flexibility index (Phi) is 6.68. The Morgan fingerprint density at radius 2 is 1.77 bits per heavy atom. The molecule has 0 bridgehead atoms. The lowest BCUT2D eigenvalue weighted by atomic mass is 10.1. The number of hydrogen-bond acceptors (Lipinski definition) is 7. The molecule has 0 fully saturated rings. The summed E-state index contributed by atoms with van der Waals surface area (Å²) < 4.78 is 15.6. The third-order valence-corrected chi connectivity index (χ3v) is 5.26. The van der Waals surface area contributed by atoms with E-state index in [0.29, 0.717) is 27.9 Å². The van der Waals surface area contributed by atoms with Crippen molar-refractivity contribution in [1.29, 1.82) is 0 Å². The maximum Gasteiger partial charge on any atom is 0.338 e. The number of nitrogens with one attached hydrogen (secondary N) is 1. The number of carbonyl (C=O) groups is 2. The van der Waals surface area contributed by atoms with Crippen molar-refractivity contribution in [2.24, 2.45) is 0 Å². The molecule has 0 atom stereocenters. The first kappa shape index (κ1) is 21.3. The van der Waals surface area contributed by atoms with Crippen LogP contribution in [-0.4, -0.2) is 37.7 Å². The van der Waals surface area contributed by atoms with E-state index in [1.807, 2.05) is 37.4 Å². The molecule has 3 aromatic rings. The summed E-state index contributed by atoms with van der Waals surface area (Å²) in [6, 6.07) is 10.7. The third kappa shape index (κ3) is 4.96. The second-order valence-corrected chi connectivity index (χ2v) is 7.39. The summed E-state index contributed by atoms with van der Waals surface area (Å²) in [5.74, 6) is 0.209. The largest absolute Gasteiger partial charge is 0.493 e. The van der Waals surface area contributed by atoms with Crippen LogP contribution in [0.5, 0.6) is 11.5 Å². The fourth-order valence-electron chi connectivity index (χ4n) is 2.70. The van der Waals surface area contributed by atoms with Crippen LogP contribution in [0.25, 0.3) is 11.3 Å². The summed E-state index contributed by atoms with van der Waals surface area (Å²) in [5.41, 5.74) is 3.99. The van der Waals surface area contributed by atoms with Crippen LogP contribution < -0.4 is 14.8 Å². The number of amides is 1. The Morgan fingerprint density at radius 1 is 1.00 bits per heavy atom.